The van der Waals surface area contributed by atoms with E-state index >= 15 is 0 Å². The third kappa shape index (κ3) is 4.84. The van der Waals surface area contributed by atoms with Gasteiger partial charge in [-0.1, -0.05) is 6.92 Å². The van der Waals surface area contributed by atoms with Crippen molar-refractivity contribution in [3.05, 3.63) is 23.5 Å². The minimum absolute atomic E-state index is 0.177. The predicted molar refractivity (Wildman–Crippen MR) is 92.2 cm³/mol. The number of ether oxygens (including phenoxy) is 2. The summed E-state index contributed by atoms with van der Waals surface area (Å²) < 4.78 is 24.6. The van der Waals surface area contributed by atoms with Crippen LogP contribution >= 0.6 is 0 Å². The third-order valence-corrected chi connectivity index (χ3v) is 4.26. The lowest BCUT2D eigenvalue weighted by Gasteiger charge is -2.22. The lowest BCUT2D eigenvalue weighted by atomic mass is 10.2. The average molecular weight is 338 g/mol. The number of aryl methyl sites for hydroxylation is 1. The van der Waals surface area contributed by atoms with Crippen LogP contribution in [-0.4, -0.2) is 43.8 Å². The molecular formula is C18H27FN2O3. The van der Waals surface area contributed by atoms with Crippen LogP contribution < -0.4 is 10.1 Å². The average Bonchev–Trinajstić information content (AvgIpc) is 2.81. The Kier molecular flexibility index (Phi) is 6.85. The largest absolute Gasteiger partial charge is 0.494 e. The molecule has 0 aliphatic carbocycles. The lowest BCUT2D eigenvalue weighted by molar-refractivity contribution is 0.0446. The van der Waals surface area contributed by atoms with Crippen LogP contribution in [0.5, 0.6) is 5.75 Å². The molecule has 0 unspecified atom stereocenters. The number of rotatable bonds is 5. The highest BCUT2D eigenvalue weighted by atomic mass is 19.1. The molecule has 1 aromatic rings. The van der Waals surface area contributed by atoms with Gasteiger partial charge in [0.05, 0.1) is 13.2 Å². The molecule has 1 aliphatic rings. The van der Waals surface area contributed by atoms with Crippen LogP contribution in [0.2, 0.25) is 0 Å². The quantitative estimate of drug-likeness (QED) is 0.884. The van der Waals surface area contributed by atoms with Gasteiger partial charge in [-0.25, -0.2) is 9.18 Å². The zero-order valence-electron chi connectivity index (χ0n) is 14.7. The lowest BCUT2D eigenvalue weighted by Crippen LogP contribution is -2.36. The zero-order valence-corrected chi connectivity index (χ0v) is 14.7. The summed E-state index contributed by atoms with van der Waals surface area (Å²) in [6.07, 6.45) is 3.95. The van der Waals surface area contributed by atoms with Crippen LogP contribution in [-0.2, 0) is 4.74 Å². The van der Waals surface area contributed by atoms with E-state index in [1.165, 1.54) is 13.2 Å². The number of likely N-dealkylation sites (tertiary alicyclic amines) is 1. The molecule has 0 radical (unpaired) electrons. The van der Waals surface area contributed by atoms with E-state index in [0.29, 0.717) is 18.8 Å². The summed E-state index contributed by atoms with van der Waals surface area (Å²) in [5.41, 5.74) is 1.24. The molecule has 2 rings (SSSR count). The van der Waals surface area contributed by atoms with Gasteiger partial charge in [-0.3, -0.25) is 0 Å². The highest BCUT2D eigenvalue weighted by molar-refractivity contribution is 5.90. The maximum atomic E-state index is 13.9. The fourth-order valence-corrected chi connectivity index (χ4v) is 2.86. The van der Waals surface area contributed by atoms with Gasteiger partial charge in [-0.2, -0.15) is 0 Å². The Bertz CT molecular complexity index is 565. The number of methoxy groups -OCH3 is 1. The Morgan fingerprint density at radius 3 is 2.88 bits per heavy atom. The molecule has 1 saturated heterocycles. The first-order chi connectivity index (χ1) is 11.5. The molecule has 2 amide bonds. The minimum Gasteiger partial charge on any atom is -0.494 e. The van der Waals surface area contributed by atoms with E-state index in [4.69, 9.17) is 9.47 Å². The van der Waals surface area contributed by atoms with Gasteiger partial charge in [0.2, 0.25) is 0 Å². The van der Waals surface area contributed by atoms with Gasteiger partial charge >= 0.3 is 6.03 Å². The number of nitrogens with zero attached hydrogens (tertiary/aromatic N) is 1. The fourth-order valence-electron chi connectivity index (χ4n) is 2.86. The number of nitrogens with one attached hydrogen (secondary N) is 1. The van der Waals surface area contributed by atoms with Crippen molar-refractivity contribution in [1.29, 1.82) is 0 Å². The summed E-state index contributed by atoms with van der Waals surface area (Å²) >= 11 is 0. The van der Waals surface area contributed by atoms with Gasteiger partial charge in [0.15, 0.2) is 11.6 Å². The smallest absolute Gasteiger partial charge is 0.321 e. The molecule has 0 bridgehead atoms. The molecule has 1 atom stereocenters. The van der Waals surface area contributed by atoms with Gasteiger partial charge in [0.1, 0.15) is 0 Å². The maximum Gasteiger partial charge on any atom is 0.321 e. The molecule has 134 valence electrons. The molecule has 24 heavy (non-hydrogen) atoms. The van der Waals surface area contributed by atoms with E-state index in [0.717, 1.165) is 37.9 Å². The van der Waals surface area contributed by atoms with Crippen molar-refractivity contribution < 1.29 is 18.7 Å². The SMILES string of the molecule is CCCO[C@@H]1CCCN(C(=O)Nc2cc(F)c(OC)cc2C)CC1. The van der Waals surface area contributed by atoms with Gasteiger partial charge in [-0.15, -0.1) is 0 Å². The van der Waals surface area contributed by atoms with Crippen molar-refractivity contribution >= 4 is 11.7 Å². The van der Waals surface area contributed by atoms with Gasteiger partial charge < -0.3 is 19.7 Å². The van der Waals surface area contributed by atoms with Crippen LogP contribution in [0.4, 0.5) is 14.9 Å². The molecule has 0 spiro atoms. The molecule has 5 nitrogen and oxygen atoms in total. The number of benzene rings is 1. The highest BCUT2D eigenvalue weighted by Gasteiger charge is 2.21. The Labute approximate surface area is 143 Å². The van der Waals surface area contributed by atoms with Crippen molar-refractivity contribution in [1.82, 2.24) is 4.90 Å². The number of carbonyl (C=O) groups is 1. The first-order valence-electron chi connectivity index (χ1n) is 8.56. The second-order valence-electron chi connectivity index (χ2n) is 6.14. The summed E-state index contributed by atoms with van der Waals surface area (Å²) in [6, 6.07) is 2.69. The van der Waals surface area contributed by atoms with E-state index in [2.05, 4.69) is 12.2 Å². The monoisotopic (exact) mass is 338 g/mol. The van der Waals surface area contributed by atoms with Gasteiger partial charge in [0.25, 0.3) is 0 Å². The summed E-state index contributed by atoms with van der Waals surface area (Å²) in [4.78, 5) is 14.3. The standard InChI is InChI=1S/C18H27FN2O3/c1-4-10-24-14-6-5-8-21(9-7-14)18(22)20-16-12-15(19)17(23-3)11-13(16)2/h11-12,14H,4-10H2,1-3H3,(H,20,22)/t14-/m1/s1. The number of carbonyl (C=O) groups excluding carboxylic acids is 1. The summed E-state index contributed by atoms with van der Waals surface area (Å²) in [5, 5.41) is 2.81. The van der Waals surface area contributed by atoms with Crippen molar-refractivity contribution in [2.24, 2.45) is 0 Å². The van der Waals surface area contributed by atoms with Crippen LogP contribution in [0, 0.1) is 12.7 Å². The van der Waals surface area contributed by atoms with E-state index in [1.54, 1.807) is 11.0 Å². The number of halogens is 1. The second-order valence-corrected chi connectivity index (χ2v) is 6.14. The number of hydrogen-bond donors (Lipinski definition) is 1. The first-order valence-corrected chi connectivity index (χ1v) is 8.56. The topological polar surface area (TPSA) is 50.8 Å². The number of amides is 2. The number of anilines is 1. The van der Waals surface area contributed by atoms with Crippen molar-refractivity contribution in [2.45, 2.75) is 45.6 Å². The van der Waals surface area contributed by atoms with Crippen LogP contribution in [0.3, 0.4) is 0 Å². The third-order valence-electron chi connectivity index (χ3n) is 4.26. The molecule has 1 aliphatic heterocycles. The summed E-state index contributed by atoms with van der Waals surface area (Å²) in [7, 11) is 1.42. The van der Waals surface area contributed by atoms with Gasteiger partial charge in [0, 0.05) is 31.5 Å². The van der Waals surface area contributed by atoms with E-state index in [1.807, 2.05) is 6.92 Å². The summed E-state index contributed by atoms with van der Waals surface area (Å²) in [5.74, 6) is -0.307. The minimum atomic E-state index is -0.484. The Morgan fingerprint density at radius 2 is 2.17 bits per heavy atom. The van der Waals surface area contributed by atoms with Crippen molar-refractivity contribution in [3.8, 4) is 5.75 Å². The molecule has 1 aromatic carbocycles. The number of hydrogen-bond acceptors (Lipinski definition) is 3. The molecule has 1 N–H and O–H groups in total. The van der Waals surface area contributed by atoms with Crippen LogP contribution in [0.15, 0.2) is 12.1 Å². The first kappa shape index (κ1) is 18.5. The van der Waals surface area contributed by atoms with Crippen molar-refractivity contribution in [2.75, 3.05) is 32.1 Å². The zero-order chi connectivity index (χ0) is 17.5. The Morgan fingerprint density at radius 1 is 1.38 bits per heavy atom. The molecular weight excluding hydrogens is 311 g/mol. The Hall–Kier alpha value is -1.82. The predicted octanol–water partition coefficient (Wildman–Crippen LogP) is 3.96. The van der Waals surface area contributed by atoms with Crippen LogP contribution in [0.1, 0.15) is 38.2 Å². The van der Waals surface area contributed by atoms with Crippen LogP contribution in [0.25, 0.3) is 0 Å². The molecule has 0 aromatic heterocycles. The molecule has 1 fully saturated rings. The highest BCUT2D eigenvalue weighted by Crippen LogP contribution is 2.26. The van der Waals surface area contributed by atoms with E-state index < -0.39 is 5.82 Å². The normalized spacial score (nSPS) is 18.2. The molecule has 0 saturated carbocycles. The fraction of sp³-hybridized carbons (Fsp3) is 0.611. The van der Waals surface area contributed by atoms with E-state index in [9.17, 15) is 9.18 Å². The number of urea groups is 1. The van der Waals surface area contributed by atoms with E-state index in [-0.39, 0.29) is 17.9 Å². The van der Waals surface area contributed by atoms with Gasteiger partial charge in [-0.05, 0) is 44.2 Å². The Balaban J connectivity index is 1.96. The summed E-state index contributed by atoms with van der Waals surface area (Å²) in [6.45, 7) is 6.01. The molecule has 6 heteroatoms. The molecule has 1 heterocycles. The second kappa shape index (κ2) is 8.87. The maximum absolute atomic E-state index is 13.9. The van der Waals surface area contributed by atoms with Crippen molar-refractivity contribution in [3.63, 3.8) is 0 Å².